The van der Waals surface area contributed by atoms with Gasteiger partial charge >= 0.3 is 17.9 Å². The molecule has 0 N–H and O–H groups in total. The Kier molecular flexibility index (Phi) is 9.53. The second-order valence-corrected chi connectivity index (χ2v) is 5.51. The van der Waals surface area contributed by atoms with Crippen LogP contribution < -0.4 is 0 Å². The number of esters is 3. The molecule has 1 rings (SSSR count). The summed E-state index contributed by atoms with van der Waals surface area (Å²) >= 11 is 0. The van der Waals surface area contributed by atoms with E-state index >= 15 is 0 Å². The van der Waals surface area contributed by atoms with Crippen molar-refractivity contribution < 1.29 is 33.3 Å². The van der Waals surface area contributed by atoms with Gasteiger partial charge < -0.3 is 18.9 Å². The molecule has 0 saturated heterocycles. The molecule has 0 radical (unpaired) electrons. The van der Waals surface area contributed by atoms with E-state index in [1.165, 1.54) is 26.0 Å². The molecule has 27 heavy (non-hydrogen) atoms. The molecule has 7 heteroatoms. The third-order valence-electron chi connectivity index (χ3n) is 3.34. The molecule has 0 aliphatic rings. The molecule has 0 aliphatic carbocycles. The van der Waals surface area contributed by atoms with Gasteiger partial charge in [0.15, 0.2) is 6.10 Å². The Balaban J connectivity index is 2.97. The zero-order valence-electron chi connectivity index (χ0n) is 15.5. The van der Waals surface area contributed by atoms with E-state index < -0.39 is 36.2 Å². The molecule has 146 valence electrons. The van der Waals surface area contributed by atoms with Crippen LogP contribution in [0.5, 0.6) is 0 Å². The molecular formula is C20H24O7. The van der Waals surface area contributed by atoms with Crippen LogP contribution >= 0.6 is 0 Å². The van der Waals surface area contributed by atoms with Crippen molar-refractivity contribution >= 4 is 17.9 Å². The van der Waals surface area contributed by atoms with Crippen LogP contribution in [0.1, 0.15) is 24.2 Å². The van der Waals surface area contributed by atoms with Crippen molar-refractivity contribution in [2.75, 3.05) is 13.2 Å². The van der Waals surface area contributed by atoms with Gasteiger partial charge in [-0.25, -0.2) is 4.79 Å². The molecule has 0 fully saturated rings. The van der Waals surface area contributed by atoms with Gasteiger partial charge in [-0.2, -0.15) is 0 Å². The van der Waals surface area contributed by atoms with Crippen LogP contribution in [0.4, 0.5) is 0 Å². The molecule has 0 saturated carbocycles. The van der Waals surface area contributed by atoms with Crippen LogP contribution in [0.25, 0.3) is 0 Å². The molecule has 0 spiro atoms. The molecule has 0 amide bonds. The number of hydrogen-bond acceptors (Lipinski definition) is 7. The van der Waals surface area contributed by atoms with Gasteiger partial charge in [-0.15, -0.1) is 6.58 Å². The zero-order valence-corrected chi connectivity index (χ0v) is 15.5. The largest absolute Gasteiger partial charge is 0.458 e. The Morgan fingerprint density at radius 3 is 2.19 bits per heavy atom. The lowest BCUT2D eigenvalue weighted by Crippen LogP contribution is -2.46. The van der Waals surface area contributed by atoms with Crippen molar-refractivity contribution in [2.45, 2.75) is 32.2 Å². The van der Waals surface area contributed by atoms with Crippen molar-refractivity contribution in [1.29, 1.82) is 0 Å². The fraction of sp³-hybridized carbons (Fsp3) is 0.350. The van der Waals surface area contributed by atoms with Crippen LogP contribution in [-0.2, 0) is 28.5 Å². The van der Waals surface area contributed by atoms with Gasteiger partial charge in [-0.1, -0.05) is 30.9 Å². The van der Waals surface area contributed by atoms with Gasteiger partial charge in [0.2, 0.25) is 0 Å². The normalized spacial score (nSPS) is 13.6. The smallest absolute Gasteiger partial charge is 0.338 e. The number of rotatable bonds is 11. The Morgan fingerprint density at radius 2 is 1.67 bits per heavy atom. The van der Waals surface area contributed by atoms with Crippen molar-refractivity contribution in [3.05, 3.63) is 61.2 Å². The van der Waals surface area contributed by atoms with Crippen LogP contribution in [0.3, 0.4) is 0 Å². The standard InChI is InChI=1S/C20H24O7/c1-5-12-24-19(17(6-2)26-14(3)21)18(27-15(4)22)13-25-20(23)16-10-8-7-9-11-16/h5-11,17-19H,1-2,12-13H2,3-4H3/t17-,18-,19+/m1/s1. The average molecular weight is 376 g/mol. The minimum absolute atomic E-state index is 0.0979. The Morgan fingerprint density at radius 1 is 1.04 bits per heavy atom. The zero-order chi connectivity index (χ0) is 20.2. The maximum atomic E-state index is 12.2. The summed E-state index contributed by atoms with van der Waals surface area (Å²) in [6.45, 7) is 9.43. The molecule has 1 aromatic rings. The van der Waals surface area contributed by atoms with E-state index in [2.05, 4.69) is 13.2 Å². The fourth-order valence-corrected chi connectivity index (χ4v) is 2.26. The summed E-state index contributed by atoms with van der Waals surface area (Å²) in [6.07, 6.45) is -0.0246. The number of hydrogen-bond donors (Lipinski definition) is 0. The van der Waals surface area contributed by atoms with Crippen LogP contribution in [0.15, 0.2) is 55.6 Å². The Labute approximate surface area is 158 Å². The van der Waals surface area contributed by atoms with E-state index in [0.717, 1.165) is 0 Å². The van der Waals surface area contributed by atoms with E-state index in [0.29, 0.717) is 5.56 Å². The number of ether oxygens (including phenoxy) is 4. The Hall–Kier alpha value is -2.93. The highest BCUT2D eigenvalue weighted by Crippen LogP contribution is 2.16. The van der Waals surface area contributed by atoms with E-state index in [1.807, 2.05) is 0 Å². The molecule has 1 aromatic carbocycles. The van der Waals surface area contributed by atoms with Gasteiger partial charge in [-0.3, -0.25) is 9.59 Å². The number of carbonyl (C=O) groups is 3. The van der Waals surface area contributed by atoms with Crippen LogP contribution in [-0.4, -0.2) is 49.4 Å². The van der Waals surface area contributed by atoms with Gasteiger partial charge in [0.05, 0.1) is 12.2 Å². The van der Waals surface area contributed by atoms with E-state index in [-0.39, 0.29) is 13.2 Å². The second kappa shape index (κ2) is 11.6. The highest BCUT2D eigenvalue weighted by atomic mass is 16.6. The summed E-state index contributed by atoms with van der Waals surface area (Å²) in [5.41, 5.74) is 0.350. The maximum Gasteiger partial charge on any atom is 0.338 e. The molecule has 0 unspecified atom stereocenters. The summed E-state index contributed by atoms with van der Waals surface area (Å²) in [4.78, 5) is 35.0. The molecule has 3 atom stereocenters. The van der Waals surface area contributed by atoms with Gasteiger partial charge in [-0.05, 0) is 18.2 Å². The van der Waals surface area contributed by atoms with Crippen LogP contribution in [0.2, 0.25) is 0 Å². The van der Waals surface area contributed by atoms with Crippen molar-refractivity contribution in [1.82, 2.24) is 0 Å². The van der Waals surface area contributed by atoms with E-state index in [1.54, 1.807) is 30.3 Å². The SMILES string of the molecule is C=CCO[C@@H]([C@@H](C=C)OC(C)=O)[C@@H](COC(=O)c1ccccc1)OC(C)=O. The van der Waals surface area contributed by atoms with E-state index in [4.69, 9.17) is 18.9 Å². The molecular weight excluding hydrogens is 352 g/mol. The second-order valence-electron chi connectivity index (χ2n) is 5.51. The summed E-state index contributed by atoms with van der Waals surface area (Å²) in [7, 11) is 0. The first kappa shape index (κ1) is 22.1. The van der Waals surface area contributed by atoms with Gasteiger partial charge in [0.1, 0.15) is 18.8 Å². The number of benzene rings is 1. The third kappa shape index (κ3) is 7.87. The first-order valence-corrected chi connectivity index (χ1v) is 8.30. The Bertz CT molecular complexity index is 654. The summed E-state index contributed by atoms with van der Waals surface area (Å²) in [6, 6.07) is 8.36. The average Bonchev–Trinajstić information content (AvgIpc) is 2.64. The van der Waals surface area contributed by atoms with Gasteiger partial charge in [0, 0.05) is 13.8 Å². The first-order valence-electron chi connectivity index (χ1n) is 8.30. The lowest BCUT2D eigenvalue weighted by molar-refractivity contribution is -0.172. The van der Waals surface area contributed by atoms with E-state index in [9.17, 15) is 14.4 Å². The quantitative estimate of drug-likeness (QED) is 0.333. The molecule has 0 heterocycles. The molecule has 0 aromatic heterocycles. The minimum atomic E-state index is -1.02. The highest BCUT2D eigenvalue weighted by Gasteiger charge is 2.34. The fourth-order valence-electron chi connectivity index (χ4n) is 2.26. The van der Waals surface area contributed by atoms with Gasteiger partial charge in [0.25, 0.3) is 0 Å². The maximum absolute atomic E-state index is 12.2. The topological polar surface area (TPSA) is 88.1 Å². The predicted molar refractivity (Wildman–Crippen MR) is 98.0 cm³/mol. The predicted octanol–water partition coefficient (Wildman–Crippen LogP) is 2.46. The number of carbonyl (C=O) groups excluding carboxylic acids is 3. The monoisotopic (exact) mass is 376 g/mol. The third-order valence-corrected chi connectivity index (χ3v) is 3.34. The highest BCUT2D eigenvalue weighted by molar-refractivity contribution is 5.89. The lowest BCUT2D eigenvalue weighted by Gasteiger charge is -2.30. The minimum Gasteiger partial charge on any atom is -0.458 e. The van der Waals surface area contributed by atoms with Crippen LogP contribution in [0, 0.1) is 0 Å². The van der Waals surface area contributed by atoms with Crippen molar-refractivity contribution in [3.8, 4) is 0 Å². The molecule has 0 bridgehead atoms. The summed E-state index contributed by atoms with van der Waals surface area (Å²) in [5.74, 6) is -1.75. The first-order chi connectivity index (χ1) is 12.9. The molecule has 7 nitrogen and oxygen atoms in total. The van der Waals surface area contributed by atoms with Crippen molar-refractivity contribution in [2.24, 2.45) is 0 Å². The summed E-state index contributed by atoms with van der Waals surface area (Å²) < 4.78 is 21.3. The summed E-state index contributed by atoms with van der Waals surface area (Å²) in [5, 5.41) is 0. The van der Waals surface area contributed by atoms with Crippen molar-refractivity contribution in [3.63, 3.8) is 0 Å². The lowest BCUT2D eigenvalue weighted by atomic mass is 10.1. The molecule has 0 aliphatic heterocycles.